The van der Waals surface area contributed by atoms with Gasteiger partial charge in [0.1, 0.15) is 11.5 Å². The summed E-state index contributed by atoms with van der Waals surface area (Å²) >= 11 is 0. The SMILES string of the molecule is COc1ccc(CCC(=O)N2CCN(C(=O)C3=NNC(=O)CC3)CC2)cc1. The highest BCUT2D eigenvalue weighted by Gasteiger charge is 2.28. The van der Waals surface area contributed by atoms with E-state index in [1.54, 1.807) is 16.9 Å². The molecule has 2 aliphatic rings. The highest BCUT2D eigenvalue weighted by Crippen LogP contribution is 2.14. The van der Waals surface area contributed by atoms with Crippen molar-refractivity contribution in [2.45, 2.75) is 25.7 Å². The molecule has 0 radical (unpaired) electrons. The van der Waals surface area contributed by atoms with Gasteiger partial charge in [-0.1, -0.05) is 12.1 Å². The molecule has 0 saturated carbocycles. The molecule has 0 bridgehead atoms. The van der Waals surface area contributed by atoms with Gasteiger partial charge in [-0.15, -0.1) is 0 Å². The van der Waals surface area contributed by atoms with Crippen LogP contribution in [0.3, 0.4) is 0 Å². The topological polar surface area (TPSA) is 91.3 Å². The average Bonchev–Trinajstić information content (AvgIpc) is 2.72. The fourth-order valence-electron chi connectivity index (χ4n) is 3.17. The van der Waals surface area contributed by atoms with Crippen LogP contribution >= 0.6 is 0 Å². The number of hydrogen-bond donors (Lipinski definition) is 1. The summed E-state index contributed by atoms with van der Waals surface area (Å²) in [6.07, 6.45) is 1.78. The third kappa shape index (κ3) is 4.84. The Bertz CT molecular complexity index is 737. The van der Waals surface area contributed by atoms with Crippen LogP contribution in [0.1, 0.15) is 24.8 Å². The number of piperazine rings is 1. The number of hydrogen-bond acceptors (Lipinski definition) is 5. The zero-order chi connectivity index (χ0) is 19.2. The lowest BCUT2D eigenvalue weighted by molar-refractivity contribution is -0.136. The second-order valence-electron chi connectivity index (χ2n) is 6.61. The van der Waals surface area contributed by atoms with Crippen molar-refractivity contribution < 1.29 is 19.1 Å². The standard InChI is InChI=1S/C19H24N4O4/c1-27-15-5-2-14(3-6-15)4-9-18(25)22-10-12-23(13-11-22)19(26)16-7-8-17(24)21-20-16/h2-3,5-6H,4,7-13H2,1H3,(H,21,24). The van der Waals surface area contributed by atoms with Gasteiger partial charge in [-0.05, 0) is 24.1 Å². The smallest absolute Gasteiger partial charge is 0.270 e. The van der Waals surface area contributed by atoms with E-state index in [0.29, 0.717) is 51.2 Å². The monoisotopic (exact) mass is 372 g/mol. The Hall–Kier alpha value is -2.90. The van der Waals surface area contributed by atoms with Gasteiger partial charge in [-0.25, -0.2) is 5.43 Å². The quantitative estimate of drug-likeness (QED) is 0.818. The van der Waals surface area contributed by atoms with Gasteiger partial charge in [0.25, 0.3) is 5.91 Å². The highest BCUT2D eigenvalue weighted by atomic mass is 16.5. The zero-order valence-electron chi connectivity index (χ0n) is 15.4. The summed E-state index contributed by atoms with van der Waals surface area (Å²) in [4.78, 5) is 39.5. The number of amides is 3. The largest absolute Gasteiger partial charge is 0.497 e. The molecule has 0 unspecified atom stereocenters. The molecule has 2 heterocycles. The summed E-state index contributed by atoms with van der Waals surface area (Å²) < 4.78 is 5.13. The predicted octanol–water partition coefficient (Wildman–Crippen LogP) is 0.565. The van der Waals surface area contributed by atoms with Gasteiger partial charge in [-0.3, -0.25) is 14.4 Å². The molecule has 144 valence electrons. The van der Waals surface area contributed by atoms with Gasteiger partial charge in [-0.2, -0.15) is 5.10 Å². The number of rotatable bonds is 5. The molecule has 3 rings (SSSR count). The van der Waals surface area contributed by atoms with Gasteiger partial charge in [0.15, 0.2) is 0 Å². The lowest BCUT2D eigenvalue weighted by Gasteiger charge is -2.35. The summed E-state index contributed by atoms with van der Waals surface area (Å²) in [5.74, 6) is 0.576. The third-order valence-corrected chi connectivity index (χ3v) is 4.86. The lowest BCUT2D eigenvalue weighted by atomic mass is 10.1. The van der Waals surface area contributed by atoms with Crippen LogP contribution in [-0.4, -0.2) is 66.5 Å². The van der Waals surface area contributed by atoms with Crippen molar-refractivity contribution in [2.75, 3.05) is 33.3 Å². The van der Waals surface area contributed by atoms with E-state index in [-0.39, 0.29) is 24.1 Å². The second-order valence-corrected chi connectivity index (χ2v) is 6.61. The summed E-state index contributed by atoms with van der Waals surface area (Å²) in [6, 6.07) is 7.71. The Morgan fingerprint density at radius 2 is 1.74 bits per heavy atom. The number of nitrogens with one attached hydrogen (secondary N) is 1. The number of carbonyl (C=O) groups excluding carboxylic acids is 3. The molecule has 1 aromatic rings. The number of aryl methyl sites for hydroxylation is 1. The summed E-state index contributed by atoms with van der Waals surface area (Å²) in [6.45, 7) is 2.01. The van der Waals surface area contributed by atoms with Crippen LogP contribution in [0.15, 0.2) is 29.4 Å². The summed E-state index contributed by atoms with van der Waals surface area (Å²) in [7, 11) is 1.62. The zero-order valence-corrected chi connectivity index (χ0v) is 15.4. The van der Waals surface area contributed by atoms with Crippen molar-refractivity contribution in [3.63, 3.8) is 0 Å². The third-order valence-electron chi connectivity index (χ3n) is 4.86. The molecular formula is C19H24N4O4. The maximum Gasteiger partial charge on any atom is 0.270 e. The van der Waals surface area contributed by atoms with E-state index in [1.165, 1.54) is 0 Å². The minimum Gasteiger partial charge on any atom is -0.497 e. The fraction of sp³-hybridized carbons (Fsp3) is 0.474. The molecule has 8 heteroatoms. The second kappa shape index (κ2) is 8.66. The van der Waals surface area contributed by atoms with Gasteiger partial charge >= 0.3 is 0 Å². The first kappa shape index (κ1) is 18.9. The number of nitrogens with zero attached hydrogens (tertiary/aromatic N) is 3. The maximum absolute atomic E-state index is 12.4. The van der Waals surface area contributed by atoms with Crippen LogP contribution in [0.4, 0.5) is 0 Å². The molecule has 0 aliphatic carbocycles. The molecule has 1 saturated heterocycles. The van der Waals surface area contributed by atoms with Crippen LogP contribution in [0.2, 0.25) is 0 Å². The van der Waals surface area contributed by atoms with E-state index in [4.69, 9.17) is 4.74 Å². The first-order valence-corrected chi connectivity index (χ1v) is 9.12. The van der Waals surface area contributed by atoms with E-state index in [0.717, 1.165) is 11.3 Å². The molecular weight excluding hydrogens is 348 g/mol. The first-order valence-electron chi connectivity index (χ1n) is 9.12. The van der Waals surface area contributed by atoms with Crippen molar-refractivity contribution >= 4 is 23.4 Å². The minimum absolute atomic E-state index is 0.0974. The molecule has 1 N–H and O–H groups in total. The summed E-state index contributed by atoms with van der Waals surface area (Å²) in [5, 5.41) is 3.85. The molecule has 0 spiro atoms. The van der Waals surface area contributed by atoms with E-state index in [9.17, 15) is 14.4 Å². The van der Waals surface area contributed by atoms with E-state index in [2.05, 4.69) is 10.5 Å². The Balaban J connectivity index is 1.44. The van der Waals surface area contributed by atoms with E-state index < -0.39 is 0 Å². The molecule has 1 fully saturated rings. The van der Waals surface area contributed by atoms with E-state index >= 15 is 0 Å². The Morgan fingerprint density at radius 1 is 1.07 bits per heavy atom. The van der Waals surface area contributed by atoms with Crippen LogP contribution in [0.25, 0.3) is 0 Å². The maximum atomic E-state index is 12.4. The normalized spacial score (nSPS) is 17.2. The van der Waals surface area contributed by atoms with Crippen molar-refractivity contribution in [1.29, 1.82) is 0 Å². The number of ether oxygens (including phenoxy) is 1. The molecule has 1 aromatic carbocycles. The van der Waals surface area contributed by atoms with Crippen LogP contribution in [0.5, 0.6) is 5.75 Å². The Kier molecular flexibility index (Phi) is 6.05. The number of benzene rings is 1. The molecule has 27 heavy (non-hydrogen) atoms. The average molecular weight is 372 g/mol. The Labute approximate surface area is 158 Å². The van der Waals surface area contributed by atoms with Crippen molar-refractivity contribution in [3.8, 4) is 5.75 Å². The first-order chi connectivity index (χ1) is 13.1. The fourth-order valence-corrected chi connectivity index (χ4v) is 3.17. The van der Waals surface area contributed by atoms with Crippen molar-refractivity contribution in [1.82, 2.24) is 15.2 Å². The number of hydrazone groups is 1. The lowest BCUT2D eigenvalue weighted by Crippen LogP contribution is -2.52. The van der Waals surface area contributed by atoms with Crippen molar-refractivity contribution in [3.05, 3.63) is 29.8 Å². The predicted molar refractivity (Wildman–Crippen MR) is 99.3 cm³/mol. The number of carbonyl (C=O) groups is 3. The Morgan fingerprint density at radius 3 is 2.33 bits per heavy atom. The molecule has 8 nitrogen and oxygen atoms in total. The van der Waals surface area contributed by atoms with Gasteiger partial charge in [0.2, 0.25) is 11.8 Å². The highest BCUT2D eigenvalue weighted by molar-refractivity contribution is 6.39. The van der Waals surface area contributed by atoms with Crippen LogP contribution in [0, 0.1) is 0 Å². The van der Waals surface area contributed by atoms with Gasteiger partial charge in [0, 0.05) is 45.4 Å². The van der Waals surface area contributed by atoms with Gasteiger partial charge in [0.05, 0.1) is 7.11 Å². The van der Waals surface area contributed by atoms with Crippen molar-refractivity contribution in [2.24, 2.45) is 5.10 Å². The molecule has 0 atom stereocenters. The molecule has 3 amide bonds. The van der Waals surface area contributed by atoms with Gasteiger partial charge < -0.3 is 14.5 Å². The molecule has 0 aromatic heterocycles. The summed E-state index contributed by atoms with van der Waals surface area (Å²) in [5.41, 5.74) is 3.82. The number of methoxy groups -OCH3 is 1. The van der Waals surface area contributed by atoms with Crippen LogP contribution in [-0.2, 0) is 20.8 Å². The van der Waals surface area contributed by atoms with E-state index in [1.807, 2.05) is 24.3 Å². The minimum atomic E-state index is -0.168. The molecule has 2 aliphatic heterocycles. The van der Waals surface area contributed by atoms with Crippen LogP contribution < -0.4 is 10.2 Å².